The molecule has 0 radical (unpaired) electrons. The first-order valence-corrected chi connectivity index (χ1v) is 14.4. The van der Waals surface area contributed by atoms with Crippen LogP contribution in [0.5, 0.6) is 5.75 Å². The predicted octanol–water partition coefficient (Wildman–Crippen LogP) is 6.11. The third-order valence-electron chi connectivity index (χ3n) is 6.32. The van der Waals surface area contributed by atoms with Gasteiger partial charge >= 0.3 is 12.1 Å². The molecule has 1 atom stereocenters. The van der Waals surface area contributed by atoms with Crippen molar-refractivity contribution in [2.45, 2.75) is 36.9 Å². The van der Waals surface area contributed by atoms with Gasteiger partial charge in [0, 0.05) is 31.5 Å². The molecule has 0 aliphatic heterocycles. The van der Waals surface area contributed by atoms with Crippen LogP contribution in [-0.4, -0.2) is 52.3 Å². The van der Waals surface area contributed by atoms with Crippen molar-refractivity contribution in [3.05, 3.63) is 94.8 Å². The van der Waals surface area contributed by atoms with E-state index in [1.54, 1.807) is 0 Å². The van der Waals surface area contributed by atoms with Gasteiger partial charge in [0.25, 0.3) is 0 Å². The summed E-state index contributed by atoms with van der Waals surface area (Å²) in [6, 6.07) is 16.8. The maximum Gasteiger partial charge on any atom is 0.419 e. The number of rotatable bonds is 12. The molecule has 1 unspecified atom stereocenters. The molecule has 6 nitrogen and oxygen atoms in total. The van der Waals surface area contributed by atoms with Gasteiger partial charge in [-0.25, -0.2) is 17.6 Å². The highest BCUT2D eigenvalue weighted by Gasteiger charge is 2.35. The number of hydrogen-bond acceptors (Lipinski definition) is 6. The van der Waals surface area contributed by atoms with Crippen LogP contribution < -0.4 is 4.74 Å². The minimum Gasteiger partial charge on any atom is -0.494 e. The molecule has 216 valence electrons. The lowest BCUT2D eigenvalue weighted by Gasteiger charge is -2.27. The summed E-state index contributed by atoms with van der Waals surface area (Å²) in [4.78, 5) is 13.6. The summed E-state index contributed by atoms with van der Waals surface area (Å²) in [5.74, 6) is -1.85. The first-order valence-electron chi connectivity index (χ1n) is 12.5. The van der Waals surface area contributed by atoms with Crippen LogP contribution in [0.1, 0.15) is 46.3 Å². The van der Waals surface area contributed by atoms with E-state index in [4.69, 9.17) is 4.74 Å². The molecule has 0 fully saturated rings. The van der Waals surface area contributed by atoms with Crippen LogP contribution in [0.4, 0.5) is 17.6 Å². The number of ether oxygens (including phenoxy) is 2. The number of methoxy groups -OCH3 is 1. The molecule has 0 heterocycles. The summed E-state index contributed by atoms with van der Waals surface area (Å²) in [7, 11) is -2.61. The van der Waals surface area contributed by atoms with Gasteiger partial charge in [0.1, 0.15) is 11.6 Å². The molecule has 0 amide bonds. The second kappa shape index (κ2) is 13.3. The molecule has 0 aliphatic rings. The lowest BCUT2D eigenvalue weighted by atomic mass is 10.00. The lowest BCUT2D eigenvalue weighted by Crippen LogP contribution is -2.30. The number of alkyl halides is 3. The number of benzene rings is 3. The third kappa shape index (κ3) is 8.28. The summed E-state index contributed by atoms with van der Waals surface area (Å²) < 4.78 is 89.3. The molecule has 0 aliphatic carbocycles. The molecule has 0 spiro atoms. The Kier molecular flexibility index (Phi) is 10.3. The average molecular weight is 582 g/mol. The van der Waals surface area contributed by atoms with E-state index in [-0.39, 0.29) is 40.8 Å². The maximum atomic E-state index is 14.8. The summed E-state index contributed by atoms with van der Waals surface area (Å²) >= 11 is 0. The Labute approximate surface area is 231 Å². The zero-order chi connectivity index (χ0) is 29.5. The van der Waals surface area contributed by atoms with E-state index >= 15 is 0 Å². The third-order valence-corrected chi connectivity index (χ3v) is 7.46. The summed E-state index contributed by atoms with van der Waals surface area (Å²) in [6.07, 6.45) is -3.42. The van der Waals surface area contributed by atoms with Crippen LogP contribution >= 0.6 is 0 Å². The standard InChI is InChI=1S/C29H31F4NO5S/c1-20(21-9-5-4-6-10-21)18-34(19-22-11-7-12-25(27(22)30)29(31,32)33)15-8-16-39-23-13-14-24(28(35)38-2)26(17-23)40(3,36)37/h4-7,9-14,17,20H,8,15-16,18-19H2,1-3H3. The highest BCUT2D eigenvalue weighted by molar-refractivity contribution is 7.90. The molecule has 40 heavy (non-hydrogen) atoms. The molecular formula is C29H31F4NO5S. The van der Waals surface area contributed by atoms with Crippen molar-refractivity contribution in [1.29, 1.82) is 0 Å². The van der Waals surface area contributed by atoms with Crippen molar-refractivity contribution in [3.63, 3.8) is 0 Å². The van der Waals surface area contributed by atoms with E-state index in [0.29, 0.717) is 19.5 Å². The van der Waals surface area contributed by atoms with Crippen LogP contribution in [0.3, 0.4) is 0 Å². The van der Waals surface area contributed by atoms with E-state index in [0.717, 1.165) is 25.0 Å². The van der Waals surface area contributed by atoms with Gasteiger partial charge in [-0.2, -0.15) is 13.2 Å². The lowest BCUT2D eigenvalue weighted by molar-refractivity contribution is -0.140. The van der Waals surface area contributed by atoms with Crippen LogP contribution in [0.15, 0.2) is 71.6 Å². The van der Waals surface area contributed by atoms with Crippen molar-refractivity contribution in [2.24, 2.45) is 0 Å². The average Bonchev–Trinajstić information content (AvgIpc) is 2.90. The van der Waals surface area contributed by atoms with Gasteiger partial charge in [0.15, 0.2) is 9.84 Å². The summed E-state index contributed by atoms with van der Waals surface area (Å²) in [5.41, 5.74) is -0.442. The Morgan fingerprint density at radius 3 is 2.35 bits per heavy atom. The van der Waals surface area contributed by atoms with Crippen molar-refractivity contribution in [1.82, 2.24) is 4.90 Å². The fourth-order valence-electron chi connectivity index (χ4n) is 4.33. The first kappa shape index (κ1) is 31.1. The van der Waals surface area contributed by atoms with Gasteiger partial charge in [-0.1, -0.05) is 49.4 Å². The molecule has 3 aromatic carbocycles. The van der Waals surface area contributed by atoms with Gasteiger partial charge in [-0.15, -0.1) is 0 Å². The van der Waals surface area contributed by atoms with E-state index in [1.807, 2.05) is 42.2 Å². The molecular weight excluding hydrogens is 550 g/mol. The second-order valence-corrected chi connectivity index (χ2v) is 11.4. The van der Waals surface area contributed by atoms with Crippen LogP contribution in [-0.2, 0) is 27.3 Å². The number of hydrogen-bond donors (Lipinski definition) is 0. The van der Waals surface area contributed by atoms with Crippen molar-refractivity contribution >= 4 is 15.8 Å². The number of sulfone groups is 1. The zero-order valence-corrected chi connectivity index (χ0v) is 23.2. The maximum absolute atomic E-state index is 14.8. The van der Waals surface area contributed by atoms with E-state index in [9.17, 15) is 30.8 Å². The molecule has 0 aromatic heterocycles. The summed E-state index contributed by atoms with van der Waals surface area (Å²) in [5, 5.41) is 0. The smallest absolute Gasteiger partial charge is 0.419 e. The van der Waals surface area contributed by atoms with Gasteiger partial charge in [0.2, 0.25) is 0 Å². The monoisotopic (exact) mass is 581 g/mol. The van der Waals surface area contributed by atoms with Gasteiger partial charge in [-0.3, -0.25) is 4.90 Å². The van der Waals surface area contributed by atoms with Crippen molar-refractivity contribution in [3.8, 4) is 5.75 Å². The highest BCUT2D eigenvalue weighted by Crippen LogP contribution is 2.33. The molecule has 0 bridgehead atoms. The highest BCUT2D eigenvalue weighted by atomic mass is 32.2. The van der Waals surface area contributed by atoms with E-state index in [1.165, 1.54) is 30.3 Å². The Hall–Kier alpha value is -3.44. The van der Waals surface area contributed by atoms with Crippen molar-refractivity contribution < 1.29 is 40.2 Å². The normalized spacial score (nSPS) is 12.8. The fourth-order valence-corrected chi connectivity index (χ4v) is 5.21. The van der Waals surface area contributed by atoms with Crippen molar-refractivity contribution in [2.75, 3.05) is 33.1 Å². The van der Waals surface area contributed by atoms with Crippen LogP contribution in [0.2, 0.25) is 0 Å². The molecule has 3 rings (SSSR count). The molecule has 0 N–H and O–H groups in total. The molecule has 3 aromatic rings. The van der Waals surface area contributed by atoms with Crippen LogP contribution in [0, 0.1) is 5.82 Å². The second-order valence-electron chi connectivity index (χ2n) is 9.45. The number of nitrogens with zero attached hydrogens (tertiary/aromatic N) is 1. The number of carbonyl (C=O) groups excluding carboxylic acids is 1. The minimum atomic E-state index is -4.80. The molecule has 0 saturated heterocycles. The van der Waals surface area contributed by atoms with Gasteiger partial charge in [-0.05, 0) is 42.2 Å². The van der Waals surface area contributed by atoms with Crippen LogP contribution in [0.25, 0.3) is 0 Å². The number of esters is 1. The van der Waals surface area contributed by atoms with E-state index < -0.39 is 33.4 Å². The minimum absolute atomic E-state index is 0.0131. The largest absolute Gasteiger partial charge is 0.494 e. The fraction of sp³-hybridized carbons (Fsp3) is 0.345. The Bertz CT molecular complexity index is 1410. The Morgan fingerprint density at radius 2 is 1.73 bits per heavy atom. The number of halogens is 4. The molecule has 11 heteroatoms. The first-order chi connectivity index (χ1) is 18.8. The predicted molar refractivity (Wildman–Crippen MR) is 143 cm³/mol. The SMILES string of the molecule is COC(=O)c1ccc(OCCCN(Cc2cccc(C(F)(F)F)c2F)CC(C)c2ccccc2)cc1S(C)(=O)=O. The topological polar surface area (TPSA) is 72.9 Å². The quantitative estimate of drug-likeness (QED) is 0.146. The van der Waals surface area contributed by atoms with Gasteiger partial charge in [0.05, 0.1) is 29.7 Å². The Morgan fingerprint density at radius 1 is 1.02 bits per heavy atom. The van der Waals surface area contributed by atoms with E-state index in [2.05, 4.69) is 4.74 Å². The summed E-state index contributed by atoms with van der Waals surface area (Å²) in [6.45, 7) is 2.90. The Balaban J connectivity index is 1.74. The molecule has 0 saturated carbocycles. The number of carbonyl (C=O) groups is 1. The van der Waals surface area contributed by atoms with Gasteiger partial charge < -0.3 is 9.47 Å². The zero-order valence-electron chi connectivity index (χ0n) is 22.4.